The highest BCUT2D eigenvalue weighted by Crippen LogP contribution is 2.09. The summed E-state index contributed by atoms with van der Waals surface area (Å²) >= 11 is 0. The molecule has 1 aromatic carbocycles. The van der Waals surface area contributed by atoms with E-state index in [4.69, 9.17) is 10.3 Å². The molecule has 0 aliphatic heterocycles. The van der Waals surface area contributed by atoms with E-state index in [2.05, 4.69) is 10.5 Å². The number of amides is 1. The smallest absolute Gasteiger partial charge is 0.335 e. The Hall–Kier alpha value is -2.93. The highest BCUT2D eigenvalue weighted by atomic mass is 35.5. The molecule has 1 amide bonds. The van der Waals surface area contributed by atoms with Crippen LogP contribution in [0.1, 0.15) is 15.9 Å². The van der Waals surface area contributed by atoms with E-state index in [1.165, 1.54) is 30.5 Å². The van der Waals surface area contributed by atoms with Crippen LogP contribution in [0.15, 0.2) is 53.9 Å². The van der Waals surface area contributed by atoms with E-state index < -0.39 is 5.97 Å². The fourth-order valence-corrected chi connectivity index (χ4v) is 1.85. The fraction of sp³-hybridized carbons (Fsp3) is 0.0667. The first-order valence-electron chi connectivity index (χ1n) is 6.38. The zero-order chi connectivity index (χ0) is 15.9. The summed E-state index contributed by atoms with van der Waals surface area (Å²) in [6.07, 6.45) is 4.63. The Morgan fingerprint density at radius 2 is 1.91 bits per heavy atom. The summed E-state index contributed by atoms with van der Waals surface area (Å²) in [6.45, 7) is 0.0772. The fourth-order valence-electron chi connectivity index (χ4n) is 1.85. The molecule has 0 spiro atoms. The second-order valence-corrected chi connectivity index (χ2v) is 4.48. The second-order valence-electron chi connectivity index (χ2n) is 4.48. The van der Waals surface area contributed by atoms with E-state index in [0.29, 0.717) is 11.3 Å². The lowest BCUT2D eigenvalue weighted by Crippen LogP contribution is -3.00. The Morgan fingerprint density at radius 1 is 1.22 bits per heavy atom. The van der Waals surface area contributed by atoms with Gasteiger partial charge in [-0.1, -0.05) is 5.16 Å². The normalized spacial score (nSPS) is 10.1. The van der Waals surface area contributed by atoms with Crippen LogP contribution in [0.25, 0.3) is 0 Å². The van der Waals surface area contributed by atoms with Gasteiger partial charge in [0.25, 0.3) is 5.91 Å². The topological polar surface area (TPSA) is 103 Å². The molecular formula is C15H14ClN3O4. The van der Waals surface area contributed by atoms with Gasteiger partial charge in [0.2, 0.25) is 6.54 Å². The number of benzene rings is 1. The number of oxime groups is 1. The van der Waals surface area contributed by atoms with Crippen LogP contribution in [0.4, 0.5) is 5.69 Å². The molecule has 0 aliphatic rings. The van der Waals surface area contributed by atoms with Crippen molar-refractivity contribution in [2.24, 2.45) is 5.16 Å². The molecule has 0 atom stereocenters. The number of aromatic nitrogens is 1. The third kappa shape index (κ3) is 5.40. The zero-order valence-electron chi connectivity index (χ0n) is 11.9. The summed E-state index contributed by atoms with van der Waals surface area (Å²) in [4.78, 5) is 22.7. The van der Waals surface area contributed by atoms with Crippen molar-refractivity contribution in [2.45, 2.75) is 6.54 Å². The molecule has 1 heterocycles. The lowest BCUT2D eigenvalue weighted by Gasteiger charge is -2.03. The molecule has 0 bridgehead atoms. The molecule has 120 valence electrons. The number of nitrogens with one attached hydrogen (secondary N) is 1. The number of hydrogen-bond acceptors (Lipinski definition) is 4. The quantitative estimate of drug-likeness (QED) is 0.258. The van der Waals surface area contributed by atoms with E-state index >= 15 is 0 Å². The van der Waals surface area contributed by atoms with Gasteiger partial charge in [0.1, 0.15) is 0 Å². The first kappa shape index (κ1) is 18.1. The molecule has 0 saturated carbocycles. The Kier molecular flexibility index (Phi) is 6.69. The summed E-state index contributed by atoms with van der Waals surface area (Å²) in [5, 5.41) is 22.9. The molecule has 0 saturated heterocycles. The van der Waals surface area contributed by atoms with Gasteiger partial charge < -0.3 is 28.0 Å². The van der Waals surface area contributed by atoms with Gasteiger partial charge in [0, 0.05) is 11.8 Å². The number of carbonyl (C=O) groups is 2. The van der Waals surface area contributed by atoms with Gasteiger partial charge in [-0.25, -0.2) is 4.79 Å². The number of nitrogens with zero attached hydrogens (tertiary/aromatic N) is 2. The van der Waals surface area contributed by atoms with Gasteiger partial charge in [0.05, 0.1) is 17.3 Å². The molecule has 0 fully saturated rings. The SMILES string of the molecule is O=C(C[n+]1cccc(C=NO)c1)Nc1ccc(C(=O)O)cc1.[Cl-]. The average Bonchev–Trinajstić information content (AvgIpc) is 2.48. The van der Waals surface area contributed by atoms with E-state index in [1.54, 1.807) is 29.1 Å². The van der Waals surface area contributed by atoms with E-state index in [9.17, 15) is 9.59 Å². The number of hydrogen-bond donors (Lipinski definition) is 3. The van der Waals surface area contributed by atoms with Gasteiger partial charge in [-0.2, -0.15) is 4.57 Å². The van der Waals surface area contributed by atoms with E-state index in [-0.39, 0.29) is 30.4 Å². The standard InChI is InChI=1S/C15H13N3O4.ClH/c19-14(10-18-7-1-2-11(9-18)8-16-22)17-13-5-3-12(4-6-13)15(20)21;/h1-9H,10H2,(H2-,17,19,20,21,22);1H. The third-order valence-corrected chi connectivity index (χ3v) is 2.83. The third-order valence-electron chi connectivity index (χ3n) is 2.83. The van der Waals surface area contributed by atoms with Crippen molar-refractivity contribution in [3.05, 3.63) is 59.9 Å². The first-order valence-corrected chi connectivity index (χ1v) is 6.38. The lowest BCUT2D eigenvalue weighted by molar-refractivity contribution is -0.684. The predicted molar refractivity (Wildman–Crippen MR) is 78.0 cm³/mol. The summed E-state index contributed by atoms with van der Waals surface area (Å²) in [6, 6.07) is 9.36. The highest BCUT2D eigenvalue weighted by Gasteiger charge is 2.10. The number of pyridine rings is 1. The van der Waals surface area contributed by atoms with Crippen LogP contribution in [0.3, 0.4) is 0 Å². The molecular weight excluding hydrogens is 322 g/mol. The number of anilines is 1. The van der Waals surface area contributed by atoms with E-state index in [0.717, 1.165) is 0 Å². The predicted octanol–water partition coefficient (Wildman–Crippen LogP) is -1.88. The first-order chi connectivity index (χ1) is 10.6. The largest absolute Gasteiger partial charge is 1.00 e. The number of carboxylic acids is 1. The van der Waals surface area contributed by atoms with Crippen LogP contribution in [-0.4, -0.2) is 28.4 Å². The molecule has 2 rings (SSSR count). The Morgan fingerprint density at radius 3 is 2.52 bits per heavy atom. The van der Waals surface area contributed by atoms with Crippen molar-refractivity contribution >= 4 is 23.8 Å². The van der Waals surface area contributed by atoms with Gasteiger partial charge in [-0.05, 0) is 30.3 Å². The van der Waals surface area contributed by atoms with Crippen LogP contribution in [0.5, 0.6) is 0 Å². The number of carbonyl (C=O) groups excluding carboxylic acids is 1. The molecule has 7 nitrogen and oxygen atoms in total. The van der Waals surface area contributed by atoms with Crippen molar-refractivity contribution in [1.82, 2.24) is 0 Å². The minimum atomic E-state index is -1.02. The minimum Gasteiger partial charge on any atom is -1.00 e. The summed E-state index contributed by atoms with van der Waals surface area (Å²) in [5.41, 5.74) is 1.33. The Labute approximate surface area is 138 Å². The van der Waals surface area contributed by atoms with Crippen molar-refractivity contribution in [3.8, 4) is 0 Å². The summed E-state index contributed by atoms with van der Waals surface area (Å²) < 4.78 is 1.64. The highest BCUT2D eigenvalue weighted by molar-refractivity contribution is 5.91. The molecule has 0 aliphatic carbocycles. The summed E-state index contributed by atoms with van der Waals surface area (Å²) in [5.74, 6) is -1.28. The molecule has 23 heavy (non-hydrogen) atoms. The lowest BCUT2D eigenvalue weighted by atomic mass is 10.2. The van der Waals surface area contributed by atoms with Crippen molar-refractivity contribution in [2.75, 3.05) is 5.32 Å². The van der Waals surface area contributed by atoms with Crippen molar-refractivity contribution in [3.63, 3.8) is 0 Å². The van der Waals surface area contributed by atoms with Crippen molar-refractivity contribution in [1.29, 1.82) is 0 Å². The molecule has 0 unspecified atom stereocenters. The molecule has 3 N–H and O–H groups in total. The molecule has 1 aromatic heterocycles. The maximum atomic E-state index is 11.9. The monoisotopic (exact) mass is 335 g/mol. The Bertz CT molecular complexity index is 717. The molecule has 0 radical (unpaired) electrons. The van der Waals surface area contributed by atoms with Crippen molar-refractivity contribution < 1.29 is 36.9 Å². The van der Waals surface area contributed by atoms with Gasteiger partial charge in [-0.3, -0.25) is 4.79 Å². The minimum absolute atomic E-state index is 0. The second kappa shape index (κ2) is 8.50. The molecule has 8 heteroatoms. The van der Waals surface area contributed by atoms with Crippen LogP contribution in [0.2, 0.25) is 0 Å². The number of rotatable bonds is 5. The van der Waals surface area contributed by atoms with Crippen LogP contribution in [-0.2, 0) is 11.3 Å². The number of halogens is 1. The van der Waals surface area contributed by atoms with Crippen LogP contribution in [0, 0.1) is 0 Å². The van der Waals surface area contributed by atoms with Crippen LogP contribution < -0.4 is 22.3 Å². The number of carboxylic acid groups (broad SMARTS) is 1. The zero-order valence-corrected chi connectivity index (χ0v) is 12.6. The average molecular weight is 336 g/mol. The number of aromatic carboxylic acids is 1. The van der Waals surface area contributed by atoms with E-state index in [1.807, 2.05) is 0 Å². The molecule has 2 aromatic rings. The van der Waals surface area contributed by atoms with Gasteiger partial charge in [-0.15, -0.1) is 0 Å². The van der Waals surface area contributed by atoms with Gasteiger partial charge >= 0.3 is 5.97 Å². The maximum Gasteiger partial charge on any atom is 0.335 e. The summed E-state index contributed by atoms with van der Waals surface area (Å²) in [7, 11) is 0. The maximum absolute atomic E-state index is 11.9. The van der Waals surface area contributed by atoms with Gasteiger partial charge in [0.15, 0.2) is 12.4 Å². The van der Waals surface area contributed by atoms with Crippen LogP contribution >= 0.6 is 0 Å². The Balaban J connectivity index is 0.00000264.